The molecule has 1 fully saturated rings. The smallest absolute Gasteiger partial charge is 0.220 e. The number of hydrogen-bond donors (Lipinski definition) is 6. The first-order valence-corrected chi connectivity index (χ1v) is 40.0. The average Bonchev–Trinajstić information content (AvgIpc) is 2.42. The number of rotatable bonds is 72. The Morgan fingerprint density at radius 1 is 0.382 bits per heavy atom. The predicted molar refractivity (Wildman–Crippen MR) is 383 cm³/mol. The van der Waals surface area contributed by atoms with Crippen molar-refractivity contribution in [1.29, 1.82) is 0 Å². The van der Waals surface area contributed by atoms with Gasteiger partial charge in [0, 0.05) is 6.42 Å². The van der Waals surface area contributed by atoms with Gasteiger partial charge < -0.3 is 40.3 Å². The fraction of sp³-hybridized carbons (Fsp3) is 0.938. The van der Waals surface area contributed by atoms with Gasteiger partial charge in [-0.05, 0) is 44.9 Å². The first-order chi connectivity index (χ1) is 43.8. The zero-order valence-corrected chi connectivity index (χ0v) is 59.5. The third kappa shape index (κ3) is 57.8. The van der Waals surface area contributed by atoms with E-state index in [1.54, 1.807) is 0 Å². The summed E-state index contributed by atoms with van der Waals surface area (Å²) >= 11 is 0. The number of hydrogen-bond acceptors (Lipinski definition) is 8. The summed E-state index contributed by atoms with van der Waals surface area (Å²) < 4.78 is 11.4. The fourth-order valence-corrected chi connectivity index (χ4v) is 13.3. The van der Waals surface area contributed by atoms with Gasteiger partial charge in [-0.3, -0.25) is 4.79 Å². The molecule has 0 spiro atoms. The number of allylic oxidation sites excluding steroid dienone is 4. The number of amides is 1. The van der Waals surface area contributed by atoms with Crippen molar-refractivity contribution in [2.45, 2.75) is 468 Å². The van der Waals surface area contributed by atoms with Crippen LogP contribution in [0.25, 0.3) is 0 Å². The summed E-state index contributed by atoms with van der Waals surface area (Å²) in [5.74, 6) is -0.133. The fourth-order valence-electron chi connectivity index (χ4n) is 13.3. The lowest BCUT2D eigenvalue weighted by Gasteiger charge is -2.40. The topological polar surface area (TPSA) is 149 Å². The van der Waals surface area contributed by atoms with E-state index in [2.05, 4.69) is 43.5 Å². The average molecular weight is 1260 g/mol. The number of unbranched alkanes of at least 4 members (excludes halogenated alkanes) is 58. The predicted octanol–water partition coefficient (Wildman–Crippen LogP) is 22.8. The maximum absolute atomic E-state index is 13.2. The molecule has 0 saturated carbocycles. The standard InChI is InChI=1S/C80H155NO8/c1-3-5-7-9-11-13-15-17-19-21-23-25-27-29-31-32-33-34-35-36-37-38-39-40-41-42-44-46-48-50-52-54-56-58-60-62-64-66-68-70-76(84)81-73(72-88-80-79(87)78(86)77(85)75(71-82)89-80)74(83)69-67-65-63-61-59-57-55-53-51-49-47-45-43-30-28-26-24-22-20-18-16-14-12-10-8-6-4-2/h15,17,21,23,73-75,77-80,82-83,85-87H,3-14,16,18-20,22,24-72H2,1-2H3,(H,81,84)/b17-15-,23-21-. The Labute approximate surface area is 553 Å². The summed E-state index contributed by atoms with van der Waals surface area (Å²) in [6.07, 6.45) is 85.8. The van der Waals surface area contributed by atoms with Gasteiger partial charge in [-0.15, -0.1) is 0 Å². The highest BCUT2D eigenvalue weighted by Crippen LogP contribution is 2.24. The summed E-state index contributed by atoms with van der Waals surface area (Å²) in [5, 5.41) is 55.1. The van der Waals surface area contributed by atoms with Crippen LogP contribution in [0.1, 0.15) is 425 Å². The molecule has 0 aliphatic carbocycles. The molecule has 528 valence electrons. The molecule has 0 aromatic rings. The number of carbonyl (C=O) groups is 1. The molecular formula is C80H155NO8. The number of aliphatic hydroxyl groups excluding tert-OH is 5. The third-order valence-electron chi connectivity index (χ3n) is 19.6. The van der Waals surface area contributed by atoms with Gasteiger partial charge in [0.1, 0.15) is 24.4 Å². The summed E-state index contributed by atoms with van der Waals surface area (Å²) in [7, 11) is 0. The molecule has 1 amide bonds. The van der Waals surface area contributed by atoms with Crippen LogP contribution < -0.4 is 5.32 Å². The third-order valence-corrected chi connectivity index (χ3v) is 19.6. The van der Waals surface area contributed by atoms with Gasteiger partial charge in [-0.25, -0.2) is 0 Å². The molecule has 0 aromatic heterocycles. The summed E-state index contributed by atoms with van der Waals surface area (Å²) in [6.45, 7) is 3.90. The van der Waals surface area contributed by atoms with Crippen LogP contribution in [0.5, 0.6) is 0 Å². The van der Waals surface area contributed by atoms with E-state index in [4.69, 9.17) is 9.47 Å². The molecule has 1 rings (SSSR count). The van der Waals surface area contributed by atoms with E-state index < -0.39 is 49.5 Å². The molecule has 1 aliphatic rings. The second-order valence-electron chi connectivity index (χ2n) is 28.2. The molecule has 7 unspecified atom stereocenters. The monoisotopic (exact) mass is 1260 g/mol. The number of ether oxygens (including phenoxy) is 2. The zero-order chi connectivity index (χ0) is 64.2. The molecule has 9 nitrogen and oxygen atoms in total. The first-order valence-electron chi connectivity index (χ1n) is 40.0. The molecule has 1 saturated heterocycles. The van der Waals surface area contributed by atoms with Gasteiger partial charge in [-0.2, -0.15) is 0 Å². The van der Waals surface area contributed by atoms with Crippen LogP contribution in [0.3, 0.4) is 0 Å². The molecule has 1 heterocycles. The second-order valence-corrected chi connectivity index (χ2v) is 28.2. The lowest BCUT2D eigenvalue weighted by molar-refractivity contribution is -0.302. The maximum Gasteiger partial charge on any atom is 0.220 e. The first kappa shape index (κ1) is 85.7. The van der Waals surface area contributed by atoms with Crippen LogP contribution in [0.4, 0.5) is 0 Å². The van der Waals surface area contributed by atoms with Crippen LogP contribution in [-0.2, 0) is 14.3 Å². The SMILES string of the molecule is CCCCCCC/C=C\C/C=C\CCCCCCCCCCCCCCCCCCCCCCCCCCCCCC(=O)NC(COC1OC(CO)C(O)C(O)C1O)C(O)CCCCCCCCCCCCCCCCCCCCCCCCCCCCC. The molecule has 0 aromatic carbocycles. The molecular weight excluding hydrogens is 1100 g/mol. The number of nitrogens with one attached hydrogen (secondary N) is 1. The minimum Gasteiger partial charge on any atom is -0.394 e. The molecule has 0 bridgehead atoms. The van der Waals surface area contributed by atoms with Crippen molar-refractivity contribution in [3.05, 3.63) is 24.3 Å². The largest absolute Gasteiger partial charge is 0.394 e. The highest BCUT2D eigenvalue weighted by Gasteiger charge is 2.44. The molecule has 9 heteroatoms. The molecule has 1 aliphatic heterocycles. The normalized spacial score (nSPS) is 17.9. The van der Waals surface area contributed by atoms with Crippen LogP contribution in [0, 0.1) is 0 Å². The van der Waals surface area contributed by atoms with Crippen molar-refractivity contribution >= 4 is 5.91 Å². The summed E-state index contributed by atoms with van der Waals surface area (Å²) in [5.41, 5.74) is 0. The second kappa shape index (κ2) is 69.5. The number of aliphatic hydroxyl groups is 5. The van der Waals surface area contributed by atoms with Gasteiger partial charge in [0.25, 0.3) is 0 Å². The Bertz CT molecular complexity index is 1460. The Hall–Kier alpha value is -1.33. The van der Waals surface area contributed by atoms with Gasteiger partial charge in [0.2, 0.25) is 5.91 Å². The van der Waals surface area contributed by atoms with Crippen LogP contribution in [0.15, 0.2) is 24.3 Å². The Balaban J connectivity index is 2.03. The van der Waals surface area contributed by atoms with E-state index in [-0.39, 0.29) is 12.5 Å². The molecule has 0 radical (unpaired) electrons. The highest BCUT2D eigenvalue weighted by molar-refractivity contribution is 5.76. The maximum atomic E-state index is 13.2. The molecule has 7 atom stereocenters. The van der Waals surface area contributed by atoms with Crippen molar-refractivity contribution in [1.82, 2.24) is 5.32 Å². The van der Waals surface area contributed by atoms with E-state index in [9.17, 15) is 30.3 Å². The van der Waals surface area contributed by atoms with E-state index >= 15 is 0 Å². The number of carbonyl (C=O) groups excluding carboxylic acids is 1. The minimum absolute atomic E-state index is 0.132. The van der Waals surface area contributed by atoms with Crippen molar-refractivity contribution in [3.63, 3.8) is 0 Å². The Morgan fingerprint density at radius 2 is 0.663 bits per heavy atom. The zero-order valence-electron chi connectivity index (χ0n) is 59.5. The van der Waals surface area contributed by atoms with Crippen LogP contribution in [-0.4, -0.2) is 87.5 Å². The Morgan fingerprint density at radius 3 is 0.966 bits per heavy atom. The van der Waals surface area contributed by atoms with E-state index in [1.807, 2.05) is 0 Å². The van der Waals surface area contributed by atoms with E-state index in [0.717, 1.165) is 44.9 Å². The van der Waals surface area contributed by atoms with Crippen molar-refractivity contribution in [2.24, 2.45) is 0 Å². The lowest BCUT2D eigenvalue weighted by Crippen LogP contribution is -2.60. The van der Waals surface area contributed by atoms with Crippen LogP contribution in [0.2, 0.25) is 0 Å². The molecule has 6 N–H and O–H groups in total. The van der Waals surface area contributed by atoms with Crippen LogP contribution >= 0.6 is 0 Å². The van der Waals surface area contributed by atoms with Gasteiger partial charge in [0.05, 0.1) is 25.4 Å². The highest BCUT2D eigenvalue weighted by atomic mass is 16.7. The van der Waals surface area contributed by atoms with Gasteiger partial charge >= 0.3 is 0 Å². The quantitative estimate of drug-likeness (QED) is 0.0261. The van der Waals surface area contributed by atoms with Gasteiger partial charge in [0.15, 0.2) is 6.29 Å². The van der Waals surface area contributed by atoms with Crippen molar-refractivity contribution < 1.29 is 39.8 Å². The Kier molecular flexibility index (Phi) is 66.9. The molecule has 89 heavy (non-hydrogen) atoms. The van der Waals surface area contributed by atoms with E-state index in [0.29, 0.717) is 12.8 Å². The minimum atomic E-state index is -1.55. The lowest BCUT2D eigenvalue weighted by atomic mass is 9.99. The summed E-state index contributed by atoms with van der Waals surface area (Å²) in [4.78, 5) is 13.2. The van der Waals surface area contributed by atoms with Crippen molar-refractivity contribution in [2.75, 3.05) is 13.2 Å². The summed E-state index contributed by atoms with van der Waals surface area (Å²) in [6, 6.07) is -0.718. The van der Waals surface area contributed by atoms with Crippen molar-refractivity contribution in [3.8, 4) is 0 Å². The van der Waals surface area contributed by atoms with Gasteiger partial charge in [-0.1, -0.05) is 398 Å². The van der Waals surface area contributed by atoms with E-state index in [1.165, 1.54) is 353 Å².